The van der Waals surface area contributed by atoms with Crippen molar-refractivity contribution in [2.75, 3.05) is 12.4 Å². The Morgan fingerprint density at radius 1 is 1.17 bits per heavy atom. The van der Waals surface area contributed by atoms with Crippen molar-refractivity contribution in [3.05, 3.63) is 65.6 Å². The number of fused-ring (bicyclic) bond motifs is 1. The monoisotopic (exact) mass is 417 g/mol. The molecule has 0 radical (unpaired) electrons. The number of halogens is 3. The Hall–Kier alpha value is -3.63. The lowest BCUT2D eigenvalue weighted by atomic mass is 10.0. The summed E-state index contributed by atoms with van der Waals surface area (Å²) in [7, 11) is 3.38. The Labute approximate surface area is 169 Å². The molecule has 0 aliphatic heterocycles. The molecule has 11 heteroatoms. The Morgan fingerprint density at radius 2 is 1.93 bits per heavy atom. The lowest BCUT2D eigenvalue weighted by Gasteiger charge is -2.22. The number of aryl methyl sites for hydroxylation is 2. The zero-order valence-corrected chi connectivity index (χ0v) is 16.3. The highest BCUT2D eigenvalue weighted by atomic mass is 19.4. The van der Waals surface area contributed by atoms with Gasteiger partial charge in [-0.1, -0.05) is 18.2 Å². The average molecular weight is 417 g/mol. The number of hydrogen-bond donors (Lipinski definition) is 1. The number of hydrogen-bond acceptors (Lipinski definition) is 6. The summed E-state index contributed by atoms with van der Waals surface area (Å²) in [5, 5.41) is 6.87. The first-order valence-corrected chi connectivity index (χ1v) is 8.96. The second kappa shape index (κ2) is 7.32. The van der Waals surface area contributed by atoms with Crippen LogP contribution in [-0.2, 0) is 13.2 Å². The molecule has 0 saturated carbocycles. The largest absolute Gasteiger partial charge is 0.496 e. The van der Waals surface area contributed by atoms with E-state index < -0.39 is 18.0 Å². The molecule has 4 aromatic rings. The van der Waals surface area contributed by atoms with Crippen LogP contribution in [0, 0.1) is 6.92 Å². The molecule has 0 aliphatic carbocycles. The van der Waals surface area contributed by atoms with Gasteiger partial charge >= 0.3 is 6.18 Å². The van der Waals surface area contributed by atoms with E-state index in [0.29, 0.717) is 23.1 Å². The first-order valence-electron chi connectivity index (χ1n) is 8.96. The van der Waals surface area contributed by atoms with Gasteiger partial charge in [0.25, 0.3) is 11.6 Å². The molecule has 1 unspecified atom stereocenters. The van der Waals surface area contributed by atoms with Crippen molar-refractivity contribution in [2.45, 2.75) is 19.1 Å². The lowest BCUT2D eigenvalue weighted by molar-refractivity contribution is -0.144. The second-order valence-electron chi connectivity index (χ2n) is 6.64. The van der Waals surface area contributed by atoms with Crippen molar-refractivity contribution >= 4 is 11.6 Å². The van der Waals surface area contributed by atoms with Gasteiger partial charge in [-0.2, -0.15) is 22.7 Å². The number of rotatable bonds is 5. The van der Waals surface area contributed by atoms with E-state index in [4.69, 9.17) is 4.74 Å². The van der Waals surface area contributed by atoms with E-state index in [1.54, 1.807) is 38.6 Å². The second-order valence-corrected chi connectivity index (χ2v) is 6.64. The van der Waals surface area contributed by atoms with Crippen molar-refractivity contribution in [1.29, 1.82) is 0 Å². The van der Waals surface area contributed by atoms with E-state index in [1.165, 1.54) is 0 Å². The Morgan fingerprint density at radius 3 is 2.60 bits per heavy atom. The fraction of sp³-hybridized carbons (Fsp3) is 0.263. The number of anilines is 1. The zero-order chi connectivity index (χ0) is 21.5. The van der Waals surface area contributed by atoms with Gasteiger partial charge in [0.05, 0.1) is 7.11 Å². The summed E-state index contributed by atoms with van der Waals surface area (Å²) in [6, 6.07) is 8.41. The van der Waals surface area contributed by atoms with Gasteiger partial charge in [-0.3, -0.25) is 0 Å². The van der Waals surface area contributed by atoms with Crippen LogP contribution in [0.4, 0.5) is 19.0 Å². The highest BCUT2D eigenvalue weighted by Gasteiger charge is 2.37. The quantitative estimate of drug-likeness (QED) is 0.536. The number of methoxy groups -OCH3 is 1. The summed E-state index contributed by atoms with van der Waals surface area (Å²) in [6.07, 6.45) is -1.26. The van der Waals surface area contributed by atoms with Crippen molar-refractivity contribution in [2.24, 2.45) is 7.05 Å². The van der Waals surface area contributed by atoms with Gasteiger partial charge < -0.3 is 14.6 Å². The van der Waals surface area contributed by atoms with Gasteiger partial charge in [0.2, 0.25) is 0 Å². The summed E-state index contributed by atoms with van der Waals surface area (Å²) >= 11 is 0. The van der Waals surface area contributed by atoms with Gasteiger partial charge in [-0.15, -0.1) is 5.10 Å². The number of aromatic nitrogens is 6. The van der Waals surface area contributed by atoms with Crippen molar-refractivity contribution in [1.82, 2.24) is 29.1 Å². The van der Waals surface area contributed by atoms with Crippen LogP contribution in [0.2, 0.25) is 0 Å². The summed E-state index contributed by atoms with van der Waals surface area (Å²) in [5.74, 6) is 0.130. The number of alkyl halides is 3. The summed E-state index contributed by atoms with van der Waals surface area (Å²) < 4.78 is 47.8. The van der Waals surface area contributed by atoms with Crippen molar-refractivity contribution in [3.8, 4) is 5.75 Å². The first-order chi connectivity index (χ1) is 14.3. The molecule has 1 atom stereocenters. The van der Waals surface area contributed by atoms with Crippen LogP contribution >= 0.6 is 0 Å². The minimum atomic E-state index is -4.68. The number of ether oxygens (including phenoxy) is 1. The molecular formula is C19H18F3N7O. The molecule has 1 aromatic carbocycles. The number of para-hydroxylation sites is 1. The summed E-state index contributed by atoms with van der Waals surface area (Å²) in [6.45, 7) is 1.67. The minimum Gasteiger partial charge on any atom is -0.496 e. The lowest BCUT2D eigenvalue weighted by Crippen LogP contribution is -2.19. The molecular weight excluding hydrogens is 399 g/mol. The van der Waals surface area contributed by atoms with Gasteiger partial charge in [0, 0.05) is 36.8 Å². The first kappa shape index (κ1) is 19.7. The molecule has 0 saturated heterocycles. The maximum Gasteiger partial charge on any atom is 0.453 e. The van der Waals surface area contributed by atoms with Crippen LogP contribution in [0.25, 0.3) is 5.78 Å². The van der Waals surface area contributed by atoms with Gasteiger partial charge in [-0.05, 0) is 13.0 Å². The predicted molar refractivity (Wildman–Crippen MR) is 102 cm³/mol. The standard InChI is InChI=1S/C19H18F3N7O/c1-11-10-14(29-18(24-11)26-17(27-29)19(20,21)22)25-15(16-23-8-9-28(16)2)12-6-4-5-7-13(12)30-3/h4-10,15,25H,1-3H3. The zero-order valence-electron chi connectivity index (χ0n) is 16.3. The number of benzene rings is 1. The molecule has 8 nitrogen and oxygen atoms in total. The molecule has 156 valence electrons. The molecule has 30 heavy (non-hydrogen) atoms. The van der Waals surface area contributed by atoms with E-state index in [2.05, 4.69) is 25.4 Å². The van der Waals surface area contributed by atoms with Crippen LogP contribution in [0.1, 0.15) is 28.9 Å². The highest BCUT2D eigenvalue weighted by molar-refractivity contribution is 5.51. The molecule has 0 amide bonds. The van der Waals surface area contributed by atoms with Crippen LogP contribution in [0.3, 0.4) is 0 Å². The van der Waals surface area contributed by atoms with Crippen LogP contribution in [-0.4, -0.2) is 36.2 Å². The third-order valence-corrected chi connectivity index (χ3v) is 4.55. The number of imidazole rings is 1. The predicted octanol–water partition coefficient (Wildman–Crippen LogP) is 3.40. The van der Waals surface area contributed by atoms with Crippen molar-refractivity contribution in [3.63, 3.8) is 0 Å². The van der Waals surface area contributed by atoms with Crippen LogP contribution in [0.15, 0.2) is 42.7 Å². The van der Waals surface area contributed by atoms with Crippen molar-refractivity contribution < 1.29 is 17.9 Å². The third kappa shape index (κ3) is 3.53. The Bertz CT molecular complexity index is 1200. The SMILES string of the molecule is COc1ccccc1C(Nc1cc(C)nc2nc(C(F)(F)F)nn12)c1nccn1C. The van der Waals surface area contributed by atoms with Crippen LogP contribution in [0.5, 0.6) is 5.75 Å². The highest BCUT2D eigenvalue weighted by Crippen LogP contribution is 2.33. The maximum atomic E-state index is 13.1. The van der Waals surface area contributed by atoms with E-state index >= 15 is 0 Å². The Kier molecular flexibility index (Phi) is 4.80. The fourth-order valence-electron chi connectivity index (χ4n) is 3.20. The molecule has 0 bridgehead atoms. The third-order valence-electron chi connectivity index (χ3n) is 4.55. The van der Waals surface area contributed by atoms with Gasteiger partial charge in [-0.25, -0.2) is 9.97 Å². The average Bonchev–Trinajstić information content (AvgIpc) is 3.32. The normalized spacial score (nSPS) is 12.9. The minimum absolute atomic E-state index is 0.150. The molecule has 0 fully saturated rings. The molecule has 0 spiro atoms. The number of nitrogens with zero attached hydrogens (tertiary/aromatic N) is 6. The van der Waals surface area contributed by atoms with E-state index in [-0.39, 0.29) is 5.78 Å². The topological polar surface area (TPSA) is 82.2 Å². The number of nitrogens with one attached hydrogen (secondary N) is 1. The molecule has 3 heterocycles. The summed E-state index contributed by atoms with van der Waals surface area (Å²) in [5.41, 5.74) is 1.25. The molecule has 0 aliphatic rings. The maximum absolute atomic E-state index is 13.1. The van der Waals surface area contributed by atoms with Gasteiger partial charge in [0.1, 0.15) is 23.4 Å². The van der Waals surface area contributed by atoms with E-state index in [1.807, 2.05) is 29.8 Å². The molecule has 1 N–H and O–H groups in total. The smallest absolute Gasteiger partial charge is 0.453 e. The molecule has 3 aromatic heterocycles. The van der Waals surface area contributed by atoms with E-state index in [0.717, 1.165) is 10.1 Å². The van der Waals surface area contributed by atoms with Crippen LogP contribution < -0.4 is 10.1 Å². The Balaban J connectivity index is 1.87. The molecule has 4 rings (SSSR count). The van der Waals surface area contributed by atoms with E-state index in [9.17, 15) is 13.2 Å². The summed E-state index contributed by atoms with van der Waals surface area (Å²) in [4.78, 5) is 12.0. The van der Waals surface area contributed by atoms with Gasteiger partial charge in [0.15, 0.2) is 0 Å². The fourth-order valence-corrected chi connectivity index (χ4v) is 3.20.